The number of unbranched alkanes of at least 4 members (excludes halogenated alkanes) is 1. The number of rotatable bonds is 9. The second-order valence-corrected chi connectivity index (χ2v) is 8.12. The van der Waals surface area contributed by atoms with Crippen LogP contribution in [0.25, 0.3) is 11.3 Å². The molecule has 6 nitrogen and oxygen atoms in total. The van der Waals surface area contributed by atoms with Crippen molar-refractivity contribution in [1.29, 1.82) is 0 Å². The smallest absolute Gasteiger partial charge is 0.264 e. The van der Waals surface area contributed by atoms with E-state index in [1.165, 1.54) is 20.2 Å². The van der Waals surface area contributed by atoms with E-state index in [1.54, 1.807) is 12.4 Å². The molecule has 0 aliphatic heterocycles. The van der Waals surface area contributed by atoms with Gasteiger partial charge in [-0.05, 0) is 30.4 Å². The van der Waals surface area contributed by atoms with Crippen molar-refractivity contribution in [3.05, 3.63) is 30.6 Å². The summed E-state index contributed by atoms with van der Waals surface area (Å²) < 4.78 is 28.4. The summed E-state index contributed by atoms with van der Waals surface area (Å²) in [6.07, 6.45) is 5.48. The lowest BCUT2D eigenvalue weighted by molar-refractivity contribution is 0.430. The fraction of sp³-hybridized carbons (Fsp3) is 0.500. The van der Waals surface area contributed by atoms with Crippen molar-refractivity contribution < 1.29 is 8.42 Å². The van der Waals surface area contributed by atoms with Crippen LogP contribution in [0.3, 0.4) is 0 Å². The third-order valence-corrected chi connectivity index (χ3v) is 6.68. The molecule has 132 valence electrons. The zero-order valence-corrected chi connectivity index (χ0v) is 16.0. The Labute approximate surface area is 148 Å². The minimum Gasteiger partial charge on any atom is -0.264 e. The molecular weight excluding hydrogens is 344 g/mol. The van der Waals surface area contributed by atoms with E-state index >= 15 is 0 Å². The van der Waals surface area contributed by atoms with Crippen molar-refractivity contribution in [2.45, 2.75) is 38.6 Å². The van der Waals surface area contributed by atoms with Gasteiger partial charge in [0.05, 0.1) is 5.69 Å². The summed E-state index contributed by atoms with van der Waals surface area (Å²) in [6, 6.07) is 5.53. The lowest BCUT2D eigenvalue weighted by Gasteiger charge is -2.19. The van der Waals surface area contributed by atoms with Gasteiger partial charge in [-0.15, -0.1) is 15.8 Å². The average Bonchev–Trinajstić information content (AvgIpc) is 3.02. The normalized spacial score (nSPS) is 12.0. The van der Waals surface area contributed by atoms with Crippen molar-refractivity contribution >= 4 is 22.0 Å². The van der Waals surface area contributed by atoms with Crippen LogP contribution in [0.4, 0.5) is 0 Å². The molecule has 2 aromatic rings. The molecule has 0 aliphatic rings. The van der Waals surface area contributed by atoms with Crippen LogP contribution in [0, 0.1) is 0 Å². The number of nitrogens with zero attached hydrogens (tertiary/aromatic N) is 4. The van der Waals surface area contributed by atoms with Crippen LogP contribution in [0.1, 0.15) is 33.6 Å². The number of hydrogen-bond acceptors (Lipinski definition) is 5. The van der Waals surface area contributed by atoms with Crippen LogP contribution in [0.5, 0.6) is 0 Å². The first-order chi connectivity index (χ1) is 11.5. The molecule has 0 saturated carbocycles. The van der Waals surface area contributed by atoms with E-state index in [4.69, 9.17) is 0 Å². The topological polar surface area (TPSA) is 68.1 Å². The van der Waals surface area contributed by atoms with E-state index in [0.29, 0.717) is 23.8 Å². The van der Waals surface area contributed by atoms with Crippen LogP contribution in [-0.2, 0) is 10.2 Å². The lowest BCUT2D eigenvalue weighted by atomic mass is 10.2. The highest BCUT2D eigenvalue weighted by molar-refractivity contribution is 7.99. The summed E-state index contributed by atoms with van der Waals surface area (Å²) in [4.78, 5) is 4.09. The van der Waals surface area contributed by atoms with Gasteiger partial charge in [0.15, 0.2) is 0 Å². The van der Waals surface area contributed by atoms with Gasteiger partial charge in [0.1, 0.15) is 5.03 Å². The molecule has 24 heavy (non-hydrogen) atoms. The van der Waals surface area contributed by atoms with Crippen molar-refractivity contribution in [3.63, 3.8) is 0 Å². The highest BCUT2D eigenvalue weighted by Gasteiger charge is 2.26. The fourth-order valence-corrected chi connectivity index (χ4v) is 5.02. The molecule has 0 atom stereocenters. The first-order valence-corrected chi connectivity index (χ1v) is 10.6. The van der Waals surface area contributed by atoms with Crippen molar-refractivity contribution in [3.8, 4) is 11.3 Å². The summed E-state index contributed by atoms with van der Waals surface area (Å²) >= 11 is 1.53. The van der Waals surface area contributed by atoms with Gasteiger partial charge in [-0.1, -0.05) is 27.2 Å². The van der Waals surface area contributed by atoms with Gasteiger partial charge in [0, 0.05) is 31.0 Å². The molecule has 2 heterocycles. The van der Waals surface area contributed by atoms with Crippen LogP contribution in [-0.4, -0.2) is 45.7 Å². The van der Waals surface area contributed by atoms with Crippen molar-refractivity contribution in [1.82, 2.24) is 18.5 Å². The molecule has 0 N–H and O–H groups in total. The quantitative estimate of drug-likeness (QED) is 0.502. The van der Waals surface area contributed by atoms with Gasteiger partial charge in [-0.25, -0.2) is 0 Å². The molecule has 0 aromatic carbocycles. The highest BCUT2D eigenvalue weighted by atomic mass is 32.2. The number of aromatic nitrogens is 3. The Morgan fingerprint density at radius 2 is 2.00 bits per heavy atom. The van der Waals surface area contributed by atoms with Crippen molar-refractivity contribution in [2.24, 2.45) is 0 Å². The second-order valence-electron chi connectivity index (χ2n) is 5.25. The van der Waals surface area contributed by atoms with Crippen LogP contribution in [0.2, 0.25) is 0 Å². The molecule has 0 radical (unpaired) electrons. The molecule has 0 aliphatic carbocycles. The van der Waals surface area contributed by atoms with Gasteiger partial charge in [-0.2, -0.15) is 17.8 Å². The molecule has 2 aromatic heterocycles. The predicted octanol–water partition coefficient (Wildman–Crippen LogP) is 3.27. The molecule has 0 fully saturated rings. The first kappa shape index (κ1) is 19.0. The number of hydrogen-bond donors (Lipinski definition) is 0. The minimum absolute atomic E-state index is 0.417. The Balaban J connectivity index is 2.46. The number of thioether (sulfide) groups is 1. The third kappa shape index (κ3) is 4.17. The first-order valence-electron chi connectivity index (χ1n) is 8.18. The van der Waals surface area contributed by atoms with E-state index in [9.17, 15) is 8.42 Å². The lowest BCUT2D eigenvalue weighted by Crippen LogP contribution is -2.36. The molecule has 2 rings (SSSR count). The van der Waals surface area contributed by atoms with E-state index in [2.05, 4.69) is 17.0 Å². The van der Waals surface area contributed by atoms with Crippen LogP contribution in [0.15, 0.2) is 35.6 Å². The van der Waals surface area contributed by atoms with E-state index in [-0.39, 0.29) is 0 Å². The average molecular weight is 369 g/mol. The molecule has 0 saturated heterocycles. The standard InChI is InChI=1S/C16H24N4O2S2/c1-4-7-11-23-16-12-15(14-9-8-10-17-13-14)18-20(16)24(21,22)19(5-2)6-3/h8-10,12-13H,4-7,11H2,1-3H3. The van der Waals surface area contributed by atoms with E-state index in [0.717, 1.165) is 24.2 Å². The Morgan fingerprint density at radius 1 is 1.25 bits per heavy atom. The summed E-state index contributed by atoms with van der Waals surface area (Å²) in [7, 11) is -3.66. The van der Waals surface area contributed by atoms with Gasteiger partial charge < -0.3 is 0 Å². The minimum atomic E-state index is -3.66. The fourth-order valence-electron chi connectivity index (χ4n) is 2.25. The predicted molar refractivity (Wildman–Crippen MR) is 98.3 cm³/mol. The van der Waals surface area contributed by atoms with Gasteiger partial charge in [-0.3, -0.25) is 4.98 Å². The largest absolute Gasteiger partial charge is 0.323 e. The third-order valence-electron chi connectivity index (χ3n) is 3.60. The Kier molecular flexibility index (Phi) is 6.82. The number of pyridine rings is 1. The van der Waals surface area contributed by atoms with E-state index < -0.39 is 10.2 Å². The Morgan fingerprint density at radius 3 is 2.58 bits per heavy atom. The molecule has 0 amide bonds. The molecule has 0 spiro atoms. The monoisotopic (exact) mass is 368 g/mol. The Bertz CT molecular complexity index is 741. The molecule has 0 bridgehead atoms. The molecular formula is C16H24N4O2S2. The van der Waals surface area contributed by atoms with Crippen molar-refractivity contribution in [2.75, 3.05) is 18.8 Å². The van der Waals surface area contributed by atoms with Crippen LogP contribution >= 0.6 is 11.8 Å². The Hall–Kier alpha value is -1.38. The maximum atomic E-state index is 12.9. The second kappa shape index (κ2) is 8.64. The highest BCUT2D eigenvalue weighted by Crippen LogP contribution is 2.28. The zero-order valence-electron chi connectivity index (χ0n) is 14.3. The zero-order chi connectivity index (χ0) is 17.6. The SMILES string of the molecule is CCCCSc1cc(-c2cccnc2)nn1S(=O)(=O)N(CC)CC. The van der Waals surface area contributed by atoms with Gasteiger partial charge in [0.2, 0.25) is 0 Å². The molecule has 8 heteroatoms. The molecule has 0 unspecified atom stereocenters. The maximum Gasteiger partial charge on any atom is 0.323 e. The summed E-state index contributed by atoms with van der Waals surface area (Å²) in [6.45, 7) is 6.61. The van der Waals surface area contributed by atoms with E-state index in [1.807, 2.05) is 32.0 Å². The summed E-state index contributed by atoms with van der Waals surface area (Å²) in [5.41, 5.74) is 1.43. The summed E-state index contributed by atoms with van der Waals surface area (Å²) in [5.74, 6) is 0.864. The maximum absolute atomic E-state index is 12.9. The van der Waals surface area contributed by atoms with Gasteiger partial charge >= 0.3 is 10.2 Å². The van der Waals surface area contributed by atoms with Gasteiger partial charge in [0.25, 0.3) is 0 Å². The summed E-state index contributed by atoms with van der Waals surface area (Å²) in [5, 5.41) is 5.02. The van der Waals surface area contributed by atoms with Crippen LogP contribution < -0.4 is 0 Å².